The molecular formula is C5H9OS. The lowest BCUT2D eigenvalue weighted by Gasteiger charge is -2.07. The smallest absolute Gasteiger partial charge is 0.167 e. The van der Waals surface area contributed by atoms with Crippen LogP contribution in [0.3, 0.4) is 0 Å². The minimum atomic E-state index is 0.436. The molecule has 0 spiro atoms. The van der Waals surface area contributed by atoms with Crippen LogP contribution in [0.2, 0.25) is 0 Å². The third-order valence-electron chi connectivity index (χ3n) is 1.00. The summed E-state index contributed by atoms with van der Waals surface area (Å²) in [7, 11) is 0. The Labute approximate surface area is 47.5 Å². The number of hydrogen-bond acceptors (Lipinski definition) is 1. The quantitative estimate of drug-likeness (QED) is 0.456. The molecule has 41 valence electrons. The van der Waals surface area contributed by atoms with E-state index in [1.165, 1.54) is 0 Å². The normalized spacial score (nSPS) is 28.3. The highest BCUT2D eigenvalue weighted by atomic mass is 32.2. The van der Waals surface area contributed by atoms with E-state index >= 15 is 0 Å². The lowest BCUT2D eigenvalue weighted by atomic mass is 10.3. The molecule has 1 saturated heterocycles. The highest BCUT2D eigenvalue weighted by Crippen LogP contribution is 2.16. The van der Waals surface area contributed by atoms with Gasteiger partial charge in [0.2, 0.25) is 0 Å². The first kappa shape index (κ1) is 5.16. The second kappa shape index (κ2) is 2.36. The van der Waals surface area contributed by atoms with Crippen molar-refractivity contribution >= 4 is 16.9 Å². The van der Waals surface area contributed by atoms with E-state index in [2.05, 4.69) is 6.42 Å². The van der Waals surface area contributed by atoms with Crippen molar-refractivity contribution in [2.45, 2.75) is 12.8 Å². The topological polar surface area (TPSA) is 17.1 Å². The van der Waals surface area contributed by atoms with Crippen molar-refractivity contribution in [2.24, 2.45) is 0 Å². The maximum atomic E-state index is 10.4. The van der Waals surface area contributed by atoms with Gasteiger partial charge in [0.05, 0.1) is 0 Å². The Morgan fingerprint density at radius 3 is 2.86 bits per heavy atom. The SMILES string of the molecule is O=C1C[CH]CC[SH2]1. The Bertz CT molecular complexity index is 72.1. The zero-order chi connectivity index (χ0) is 5.11. The summed E-state index contributed by atoms with van der Waals surface area (Å²) in [5.41, 5.74) is 0. The Morgan fingerprint density at radius 2 is 2.57 bits per heavy atom. The van der Waals surface area contributed by atoms with Gasteiger partial charge >= 0.3 is 0 Å². The second-order valence-corrected chi connectivity index (χ2v) is 3.04. The van der Waals surface area contributed by atoms with Crippen LogP contribution in [0, 0.1) is 6.42 Å². The zero-order valence-electron chi connectivity index (χ0n) is 4.11. The summed E-state index contributed by atoms with van der Waals surface area (Å²) >= 11 is 0.605. The molecule has 0 aromatic rings. The molecule has 1 heterocycles. The Balaban J connectivity index is 2.25. The van der Waals surface area contributed by atoms with Crippen molar-refractivity contribution in [1.82, 2.24) is 0 Å². The summed E-state index contributed by atoms with van der Waals surface area (Å²) in [6, 6.07) is 0. The maximum absolute atomic E-state index is 10.4. The van der Waals surface area contributed by atoms with Crippen molar-refractivity contribution in [3.63, 3.8) is 0 Å². The van der Waals surface area contributed by atoms with E-state index in [4.69, 9.17) is 0 Å². The maximum Gasteiger partial charge on any atom is 0.167 e. The van der Waals surface area contributed by atoms with E-state index in [0.29, 0.717) is 16.9 Å². The van der Waals surface area contributed by atoms with E-state index in [1.807, 2.05) is 0 Å². The Kier molecular flexibility index (Phi) is 1.74. The van der Waals surface area contributed by atoms with Crippen molar-refractivity contribution < 1.29 is 4.79 Å². The van der Waals surface area contributed by atoms with Crippen molar-refractivity contribution in [3.05, 3.63) is 6.42 Å². The number of carbonyl (C=O) groups excluding carboxylic acids is 1. The van der Waals surface area contributed by atoms with Crippen LogP contribution >= 0.6 is 11.8 Å². The molecule has 1 nitrogen and oxygen atoms in total. The monoisotopic (exact) mass is 117 g/mol. The molecule has 1 radical (unpaired) electrons. The van der Waals surface area contributed by atoms with Gasteiger partial charge in [-0.15, -0.1) is 0 Å². The van der Waals surface area contributed by atoms with E-state index in [1.54, 1.807) is 0 Å². The summed E-state index contributed by atoms with van der Waals surface area (Å²) < 4.78 is 0. The molecular weight excluding hydrogens is 108 g/mol. The molecule has 0 aromatic heterocycles. The van der Waals surface area contributed by atoms with Crippen molar-refractivity contribution in [3.8, 4) is 0 Å². The van der Waals surface area contributed by atoms with Gasteiger partial charge in [-0.1, -0.05) is 0 Å². The number of hydrogen-bond donors (Lipinski definition) is 0. The molecule has 7 heavy (non-hydrogen) atoms. The first-order valence-electron chi connectivity index (χ1n) is 2.48. The largest absolute Gasteiger partial charge is 0.289 e. The standard InChI is InChI=1S/C5H9OS/c6-5-3-1-2-4-7-5/h1H,2-4,7H2. The summed E-state index contributed by atoms with van der Waals surface area (Å²) in [6.07, 6.45) is 3.96. The fraction of sp³-hybridized carbons (Fsp3) is 0.600. The molecule has 1 rings (SSSR count). The molecule has 0 saturated carbocycles. The van der Waals surface area contributed by atoms with Crippen molar-refractivity contribution in [2.75, 3.05) is 5.75 Å². The fourth-order valence-electron chi connectivity index (χ4n) is 0.619. The molecule has 2 heteroatoms. The van der Waals surface area contributed by atoms with E-state index in [0.717, 1.165) is 18.6 Å². The summed E-state index contributed by atoms with van der Waals surface area (Å²) in [5.74, 6) is 1.11. The van der Waals surface area contributed by atoms with Crippen LogP contribution in [0.25, 0.3) is 0 Å². The second-order valence-electron chi connectivity index (χ2n) is 1.63. The van der Waals surface area contributed by atoms with Gasteiger partial charge in [0.25, 0.3) is 0 Å². The van der Waals surface area contributed by atoms with Crippen LogP contribution in [0.5, 0.6) is 0 Å². The van der Waals surface area contributed by atoms with Gasteiger partial charge in [-0.05, 0) is 18.6 Å². The van der Waals surface area contributed by atoms with Gasteiger partial charge in [-0.25, -0.2) is 11.8 Å². The lowest BCUT2D eigenvalue weighted by molar-refractivity contribution is -0.110. The average Bonchev–Trinajstić information content (AvgIpc) is 1.69. The molecule has 0 unspecified atom stereocenters. The van der Waals surface area contributed by atoms with Crippen LogP contribution in [-0.4, -0.2) is 10.9 Å². The molecule has 0 amide bonds. The minimum absolute atomic E-state index is 0.436. The number of rotatable bonds is 0. The van der Waals surface area contributed by atoms with Crippen LogP contribution in [0.1, 0.15) is 12.8 Å². The van der Waals surface area contributed by atoms with Crippen LogP contribution in [-0.2, 0) is 4.79 Å². The summed E-state index contributed by atoms with van der Waals surface area (Å²) in [4.78, 5) is 10.4. The molecule has 1 aliphatic heterocycles. The Morgan fingerprint density at radius 1 is 1.71 bits per heavy atom. The van der Waals surface area contributed by atoms with E-state index in [9.17, 15) is 4.79 Å². The fourth-order valence-corrected chi connectivity index (χ4v) is 1.53. The van der Waals surface area contributed by atoms with Gasteiger partial charge in [0.1, 0.15) is 0 Å². The molecule has 0 aliphatic carbocycles. The predicted octanol–water partition coefficient (Wildman–Crippen LogP) is 0.709. The molecule has 1 aliphatic rings. The van der Waals surface area contributed by atoms with Crippen LogP contribution in [0.4, 0.5) is 0 Å². The third-order valence-corrected chi connectivity index (χ3v) is 2.14. The van der Waals surface area contributed by atoms with E-state index in [-0.39, 0.29) is 0 Å². The van der Waals surface area contributed by atoms with Crippen molar-refractivity contribution in [1.29, 1.82) is 0 Å². The Hall–Kier alpha value is 0.0200. The lowest BCUT2D eigenvalue weighted by Crippen LogP contribution is -2.00. The summed E-state index contributed by atoms with van der Waals surface area (Å²) in [5, 5.41) is 0.436. The van der Waals surface area contributed by atoms with Gasteiger partial charge in [0.15, 0.2) is 5.12 Å². The predicted molar refractivity (Wildman–Crippen MR) is 33.8 cm³/mol. The van der Waals surface area contributed by atoms with Crippen LogP contribution < -0.4 is 0 Å². The minimum Gasteiger partial charge on any atom is -0.289 e. The molecule has 0 aromatic carbocycles. The van der Waals surface area contributed by atoms with Gasteiger partial charge in [-0.2, -0.15) is 0 Å². The first-order chi connectivity index (χ1) is 3.39. The highest BCUT2D eigenvalue weighted by molar-refractivity contribution is 8.13. The molecule has 0 N–H and O–H groups in total. The molecule has 0 bridgehead atoms. The average molecular weight is 117 g/mol. The zero-order valence-corrected chi connectivity index (χ0v) is 5.11. The molecule has 0 atom stereocenters. The molecule has 1 fully saturated rings. The van der Waals surface area contributed by atoms with Crippen LogP contribution in [0.15, 0.2) is 0 Å². The highest BCUT2D eigenvalue weighted by Gasteiger charge is 2.04. The van der Waals surface area contributed by atoms with E-state index < -0.39 is 0 Å². The number of carbonyl (C=O) groups is 1. The summed E-state index contributed by atoms with van der Waals surface area (Å²) in [6.45, 7) is 0. The van der Waals surface area contributed by atoms with Gasteiger partial charge in [0, 0.05) is 6.42 Å². The van der Waals surface area contributed by atoms with Gasteiger partial charge in [-0.3, -0.25) is 4.79 Å². The van der Waals surface area contributed by atoms with Gasteiger partial charge < -0.3 is 0 Å². The third kappa shape index (κ3) is 1.51. The first-order valence-corrected chi connectivity index (χ1v) is 3.68.